The highest BCUT2D eigenvalue weighted by atomic mass is 79.9. The number of rotatable bonds is 5. The fourth-order valence-electron chi connectivity index (χ4n) is 2.83. The van der Waals surface area contributed by atoms with Crippen LogP contribution in [0, 0.1) is 17.2 Å². The van der Waals surface area contributed by atoms with E-state index in [2.05, 4.69) is 36.6 Å². The molecule has 0 aliphatic carbocycles. The topological polar surface area (TPSA) is 86.1 Å². The molecule has 1 aliphatic rings. The second-order valence-electron chi connectivity index (χ2n) is 5.83. The molecular formula is C16H17BrN4O2S2. The summed E-state index contributed by atoms with van der Waals surface area (Å²) >= 11 is 4.49. The predicted octanol–water partition coefficient (Wildman–Crippen LogP) is 2.97. The maximum Gasteiger partial charge on any atom is 0.250 e. The van der Waals surface area contributed by atoms with Crippen LogP contribution in [0.25, 0.3) is 0 Å². The first-order valence-corrected chi connectivity index (χ1v) is 10.9. The number of aromatic nitrogens is 1. The molecule has 0 spiro atoms. The summed E-state index contributed by atoms with van der Waals surface area (Å²) in [6.45, 7) is 1.96. The molecule has 1 saturated heterocycles. The first-order chi connectivity index (χ1) is 12.0. The Morgan fingerprint density at radius 2 is 2.12 bits per heavy atom. The third-order valence-corrected chi connectivity index (χ3v) is 7.74. The van der Waals surface area contributed by atoms with Gasteiger partial charge in [0, 0.05) is 25.8 Å². The lowest BCUT2D eigenvalue weighted by Gasteiger charge is -2.33. The second kappa shape index (κ2) is 7.83. The number of piperidine rings is 1. The molecule has 2 aromatic heterocycles. The first kappa shape index (κ1) is 18.3. The highest BCUT2D eigenvalue weighted by molar-refractivity contribution is 9.11. The van der Waals surface area contributed by atoms with E-state index in [1.54, 1.807) is 30.5 Å². The molecular weight excluding hydrogens is 424 g/mol. The van der Waals surface area contributed by atoms with Crippen LogP contribution in [-0.4, -0.2) is 33.0 Å². The molecule has 1 N–H and O–H groups in total. The molecule has 0 unspecified atom stereocenters. The summed E-state index contributed by atoms with van der Waals surface area (Å²) in [6, 6.07) is 9.03. The van der Waals surface area contributed by atoms with Gasteiger partial charge in [-0.25, -0.2) is 18.1 Å². The summed E-state index contributed by atoms with van der Waals surface area (Å²) in [7, 11) is -3.45. The number of halogens is 1. The average Bonchev–Trinajstić information content (AvgIpc) is 3.08. The SMILES string of the molecule is N#Cc1cccnc1N1CCC(CNS(=O)(=O)c2ccc(Br)s2)CC1. The fourth-order valence-corrected chi connectivity index (χ4v) is 6.00. The molecule has 1 fully saturated rings. The van der Waals surface area contributed by atoms with E-state index < -0.39 is 10.0 Å². The Kier molecular flexibility index (Phi) is 5.74. The van der Waals surface area contributed by atoms with Crippen LogP contribution in [0.1, 0.15) is 18.4 Å². The number of thiophene rings is 1. The Morgan fingerprint density at radius 1 is 1.36 bits per heavy atom. The van der Waals surface area contributed by atoms with Crippen molar-refractivity contribution >= 4 is 43.1 Å². The monoisotopic (exact) mass is 440 g/mol. The van der Waals surface area contributed by atoms with Gasteiger partial charge in [-0.2, -0.15) is 5.26 Å². The van der Waals surface area contributed by atoms with E-state index in [1.807, 2.05) is 0 Å². The molecule has 3 heterocycles. The maximum atomic E-state index is 12.3. The molecule has 9 heteroatoms. The van der Waals surface area contributed by atoms with Gasteiger partial charge in [0.1, 0.15) is 16.1 Å². The molecule has 0 amide bonds. The Morgan fingerprint density at radius 3 is 2.76 bits per heavy atom. The molecule has 0 atom stereocenters. The van der Waals surface area contributed by atoms with E-state index >= 15 is 0 Å². The summed E-state index contributed by atoms with van der Waals surface area (Å²) in [5, 5.41) is 9.19. The zero-order chi connectivity index (χ0) is 17.9. The van der Waals surface area contributed by atoms with Crippen LogP contribution in [0.2, 0.25) is 0 Å². The van der Waals surface area contributed by atoms with Crippen LogP contribution < -0.4 is 9.62 Å². The van der Waals surface area contributed by atoms with Crippen molar-refractivity contribution in [3.63, 3.8) is 0 Å². The Bertz CT molecular complexity index is 884. The van der Waals surface area contributed by atoms with Gasteiger partial charge in [0.15, 0.2) is 0 Å². The van der Waals surface area contributed by atoms with Gasteiger partial charge >= 0.3 is 0 Å². The minimum atomic E-state index is -3.45. The van der Waals surface area contributed by atoms with E-state index in [0.717, 1.165) is 29.7 Å². The van der Waals surface area contributed by atoms with E-state index in [9.17, 15) is 13.7 Å². The van der Waals surface area contributed by atoms with Gasteiger partial charge in [-0.05, 0) is 59.0 Å². The third kappa shape index (κ3) is 4.39. The number of sulfonamides is 1. The van der Waals surface area contributed by atoms with Crippen molar-refractivity contribution < 1.29 is 8.42 Å². The third-order valence-electron chi connectivity index (χ3n) is 4.20. The zero-order valence-electron chi connectivity index (χ0n) is 13.4. The van der Waals surface area contributed by atoms with E-state index in [-0.39, 0.29) is 5.92 Å². The lowest BCUT2D eigenvalue weighted by atomic mass is 9.97. The smallest absolute Gasteiger partial charge is 0.250 e. The van der Waals surface area contributed by atoms with E-state index in [0.29, 0.717) is 22.1 Å². The van der Waals surface area contributed by atoms with Gasteiger partial charge in [-0.1, -0.05) is 0 Å². The molecule has 2 aromatic rings. The van der Waals surface area contributed by atoms with Crippen molar-refractivity contribution in [2.75, 3.05) is 24.5 Å². The quantitative estimate of drug-likeness (QED) is 0.771. The van der Waals surface area contributed by atoms with Crippen LogP contribution in [0.3, 0.4) is 0 Å². The van der Waals surface area contributed by atoms with Crippen molar-refractivity contribution in [2.45, 2.75) is 17.1 Å². The van der Waals surface area contributed by atoms with Gasteiger partial charge in [0.05, 0.1) is 9.35 Å². The molecule has 6 nitrogen and oxygen atoms in total. The molecule has 132 valence electrons. The van der Waals surface area contributed by atoms with E-state index in [1.165, 1.54) is 11.3 Å². The lowest BCUT2D eigenvalue weighted by Crippen LogP contribution is -2.39. The largest absolute Gasteiger partial charge is 0.356 e. The molecule has 0 bridgehead atoms. The minimum Gasteiger partial charge on any atom is -0.356 e. The highest BCUT2D eigenvalue weighted by Gasteiger charge is 2.24. The summed E-state index contributed by atoms with van der Waals surface area (Å²) in [4.78, 5) is 6.41. The zero-order valence-corrected chi connectivity index (χ0v) is 16.6. The predicted molar refractivity (Wildman–Crippen MR) is 101 cm³/mol. The standard InChI is InChI=1S/C16H17BrN4O2S2/c17-14-3-4-15(24-14)25(22,23)20-11-12-5-8-21(9-6-12)16-13(10-18)2-1-7-19-16/h1-4,7,12,20H,5-6,8-9,11H2. The number of anilines is 1. The summed E-state index contributed by atoms with van der Waals surface area (Å²) in [5.74, 6) is 0.996. The van der Waals surface area contributed by atoms with Gasteiger partial charge in [0.2, 0.25) is 10.0 Å². The Labute approximate surface area is 159 Å². The fraction of sp³-hybridized carbons (Fsp3) is 0.375. The normalized spacial score (nSPS) is 15.9. The Balaban J connectivity index is 1.56. The molecule has 0 saturated carbocycles. The van der Waals surface area contributed by atoms with Crippen molar-refractivity contribution in [1.82, 2.24) is 9.71 Å². The van der Waals surface area contributed by atoms with Crippen molar-refractivity contribution in [1.29, 1.82) is 5.26 Å². The average molecular weight is 441 g/mol. The van der Waals surface area contributed by atoms with Crippen LogP contribution in [0.15, 0.2) is 38.5 Å². The highest BCUT2D eigenvalue weighted by Crippen LogP contribution is 2.27. The number of hydrogen-bond donors (Lipinski definition) is 1. The van der Waals surface area contributed by atoms with Crippen LogP contribution in [0.5, 0.6) is 0 Å². The second-order valence-corrected chi connectivity index (χ2v) is 10.3. The molecule has 25 heavy (non-hydrogen) atoms. The lowest BCUT2D eigenvalue weighted by molar-refractivity contribution is 0.400. The molecule has 3 rings (SSSR count). The summed E-state index contributed by atoms with van der Waals surface area (Å²) in [5.41, 5.74) is 0.574. The number of pyridine rings is 1. The molecule has 0 radical (unpaired) electrons. The van der Waals surface area contributed by atoms with Crippen LogP contribution in [0.4, 0.5) is 5.82 Å². The number of nitriles is 1. The van der Waals surface area contributed by atoms with Crippen LogP contribution in [-0.2, 0) is 10.0 Å². The summed E-state index contributed by atoms with van der Waals surface area (Å²) < 4.78 is 28.4. The molecule has 0 aromatic carbocycles. The van der Waals surface area contributed by atoms with Gasteiger partial charge in [-0.3, -0.25) is 0 Å². The Hall–Kier alpha value is -1.47. The van der Waals surface area contributed by atoms with Crippen molar-refractivity contribution in [3.8, 4) is 6.07 Å². The molecule has 1 aliphatic heterocycles. The minimum absolute atomic E-state index is 0.281. The number of hydrogen-bond acceptors (Lipinski definition) is 6. The van der Waals surface area contributed by atoms with Gasteiger partial charge in [0.25, 0.3) is 0 Å². The van der Waals surface area contributed by atoms with Gasteiger partial charge in [-0.15, -0.1) is 11.3 Å². The van der Waals surface area contributed by atoms with Crippen molar-refractivity contribution in [2.24, 2.45) is 5.92 Å². The van der Waals surface area contributed by atoms with Crippen molar-refractivity contribution in [3.05, 3.63) is 39.8 Å². The van der Waals surface area contributed by atoms with E-state index in [4.69, 9.17) is 0 Å². The number of nitrogens with zero attached hydrogens (tertiary/aromatic N) is 3. The summed E-state index contributed by atoms with van der Waals surface area (Å²) in [6.07, 6.45) is 3.41. The first-order valence-electron chi connectivity index (χ1n) is 7.84. The number of nitrogens with one attached hydrogen (secondary N) is 1. The van der Waals surface area contributed by atoms with Gasteiger partial charge < -0.3 is 4.90 Å². The van der Waals surface area contributed by atoms with Crippen LogP contribution >= 0.6 is 27.3 Å². The maximum absolute atomic E-state index is 12.3.